The maximum atomic E-state index is 11.1. The van der Waals surface area contributed by atoms with Gasteiger partial charge < -0.3 is 54.3 Å². The van der Waals surface area contributed by atoms with Gasteiger partial charge in [0.05, 0.1) is 0 Å². The van der Waals surface area contributed by atoms with Crippen LogP contribution in [0.1, 0.15) is 13.8 Å². The molecule has 0 aromatic heterocycles. The summed E-state index contributed by atoms with van der Waals surface area (Å²) in [4.78, 5) is 22.0. The Morgan fingerprint density at radius 1 is 0.724 bits per heavy atom. The first-order valence-corrected chi connectivity index (χ1v) is 8.84. The SMILES string of the molecule is CC(=O)OCC1O[C@@H](O[C@@H]2C(COC(C)=O)O[C@@H](O)[C@@H](O)C2O)[C@@H](O)C(O)[C@H]1O. The van der Waals surface area contributed by atoms with Crippen LogP contribution in [0.5, 0.6) is 0 Å². The van der Waals surface area contributed by atoms with Gasteiger partial charge in [-0.1, -0.05) is 0 Å². The van der Waals surface area contributed by atoms with Crippen LogP contribution in [0, 0.1) is 0 Å². The number of aliphatic hydroxyl groups excluding tert-OH is 6. The lowest BCUT2D eigenvalue weighted by Crippen LogP contribution is -2.64. The molecule has 0 aromatic rings. The van der Waals surface area contributed by atoms with Gasteiger partial charge in [-0.2, -0.15) is 0 Å². The number of aliphatic hydroxyl groups is 6. The number of ether oxygens (including phenoxy) is 5. The summed E-state index contributed by atoms with van der Waals surface area (Å²) < 4.78 is 25.4. The molecule has 2 aliphatic heterocycles. The van der Waals surface area contributed by atoms with Gasteiger partial charge in [-0.3, -0.25) is 9.59 Å². The molecule has 4 unspecified atom stereocenters. The zero-order valence-electron chi connectivity index (χ0n) is 15.7. The molecular formula is C16H26O13. The Labute approximate surface area is 165 Å². The van der Waals surface area contributed by atoms with Crippen molar-refractivity contribution >= 4 is 11.9 Å². The van der Waals surface area contributed by atoms with Crippen molar-refractivity contribution in [3.05, 3.63) is 0 Å². The molecule has 2 saturated heterocycles. The van der Waals surface area contributed by atoms with E-state index in [2.05, 4.69) is 0 Å². The lowest BCUT2D eigenvalue weighted by molar-refractivity contribution is -0.355. The van der Waals surface area contributed by atoms with Crippen LogP contribution in [-0.4, -0.2) is 117 Å². The standard InChI is InChI=1S/C16H26O13/c1-5(17)25-3-7-9(19)10(20)13(23)16(28-7)29-14-8(4-26-6(2)18)27-15(24)12(22)11(14)21/h7-16,19-24H,3-4H2,1-2H3/t7?,8?,9-,10?,11?,12-,13-,14+,15+,16-/m0/s1. The van der Waals surface area contributed by atoms with Gasteiger partial charge in [-0.15, -0.1) is 0 Å². The zero-order valence-corrected chi connectivity index (χ0v) is 15.7. The molecule has 13 heteroatoms. The summed E-state index contributed by atoms with van der Waals surface area (Å²) in [5.74, 6) is -1.36. The van der Waals surface area contributed by atoms with Crippen molar-refractivity contribution < 1.29 is 63.9 Å². The van der Waals surface area contributed by atoms with Gasteiger partial charge in [-0.05, 0) is 0 Å². The van der Waals surface area contributed by atoms with Crippen LogP contribution in [0.15, 0.2) is 0 Å². The Balaban J connectivity index is 2.14. The number of carbonyl (C=O) groups is 2. The van der Waals surface area contributed by atoms with E-state index in [0.29, 0.717) is 0 Å². The van der Waals surface area contributed by atoms with Gasteiger partial charge in [-0.25, -0.2) is 0 Å². The van der Waals surface area contributed by atoms with Crippen molar-refractivity contribution in [3.8, 4) is 0 Å². The molecule has 0 aromatic carbocycles. The van der Waals surface area contributed by atoms with Crippen LogP contribution in [0.4, 0.5) is 0 Å². The van der Waals surface area contributed by atoms with Crippen LogP contribution >= 0.6 is 0 Å². The number of carbonyl (C=O) groups excluding carboxylic acids is 2. The summed E-state index contributed by atoms with van der Waals surface area (Å²) in [6.07, 6.45) is -16.1. The maximum absolute atomic E-state index is 11.1. The third-order valence-corrected chi connectivity index (χ3v) is 4.52. The predicted octanol–water partition coefficient (Wildman–Crippen LogP) is -4.26. The van der Waals surface area contributed by atoms with E-state index in [9.17, 15) is 40.2 Å². The third-order valence-electron chi connectivity index (χ3n) is 4.52. The van der Waals surface area contributed by atoms with Crippen molar-refractivity contribution in [3.63, 3.8) is 0 Å². The van der Waals surface area contributed by atoms with E-state index < -0.39 is 86.6 Å². The largest absolute Gasteiger partial charge is 0.463 e. The van der Waals surface area contributed by atoms with Crippen molar-refractivity contribution in [1.82, 2.24) is 0 Å². The van der Waals surface area contributed by atoms with E-state index in [1.165, 1.54) is 0 Å². The molecule has 0 saturated carbocycles. The monoisotopic (exact) mass is 426 g/mol. The summed E-state index contributed by atoms with van der Waals surface area (Å²) in [6, 6.07) is 0. The van der Waals surface area contributed by atoms with Crippen molar-refractivity contribution in [1.29, 1.82) is 0 Å². The molecule has 10 atom stereocenters. The molecule has 2 aliphatic rings. The number of rotatable bonds is 6. The Kier molecular flexibility index (Phi) is 8.28. The van der Waals surface area contributed by atoms with Crippen LogP contribution in [0.25, 0.3) is 0 Å². The van der Waals surface area contributed by atoms with Crippen LogP contribution in [0.3, 0.4) is 0 Å². The van der Waals surface area contributed by atoms with E-state index in [1.54, 1.807) is 0 Å². The van der Waals surface area contributed by atoms with Crippen LogP contribution in [0.2, 0.25) is 0 Å². The molecule has 0 amide bonds. The van der Waals surface area contributed by atoms with E-state index in [0.717, 1.165) is 13.8 Å². The Morgan fingerprint density at radius 2 is 1.28 bits per heavy atom. The highest BCUT2D eigenvalue weighted by atomic mass is 16.7. The molecule has 168 valence electrons. The first-order valence-electron chi connectivity index (χ1n) is 8.84. The smallest absolute Gasteiger partial charge is 0.302 e. The molecule has 13 nitrogen and oxygen atoms in total. The first-order chi connectivity index (χ1) is 13.5. The summed E-state index contributed by atoms with van der Waals surface area (Å²) in [6.45, 7) is 1.32. The molecule has 2 fully saturated rings. The minimum Gasteiger partial charge on any atom is -0.463 e. The molecule has 6 N–H and O–H groups in total. The van der Waals surface area contributed by atoms with E-state index in [4.69, 9.17) is 23.7 Å². The number of esters is 2. The quantitative estimate of drug-likeness (QED) is 0.223. The normalized spacial score (nSPS) is 42.9. The molecule has 0 radical (unpaired) electrons. The molecule has 2 rings (SSSR count). The highest BCUT2D eigenvalue weighted by Crippen LogP contribution is 2.29. The highest BCUT2D eigenvalue weighted by molar-refractivity contribution is 5.66. The fourth-order valence-electron chi connectivity index (χ4n) is 2.94. The second kappa shape index (κ2) is 10.1. The average Bonchev–Trinajstić information content (AvgIpc) is 2.65. The van der Waals surface area contributed by atoms with Crippen molar-refractivity contribution in [2.24, 2.45) is 0 Å². The molecule has 29 heavy (non-hydrogen) atoms. The highest BCUT2D eigenvalue weighted by Gasteiger charge is 2.50. The van der Waals surface area contributed by atoms with Gasteiger partial charge in [0.15, 0.2) is 12.6 Å². The van der Waals surface area contributed by atoms with Gasteiger partial charge in [0, 0.05) is 13.8 Å². The maximum Gasteiger partial charge on any atom is 0.302 e. The number of hydrogen-bond donors (Lipinski definition) is 6. The molecular weight excluding hydrogens is 400 g/mol. The van der Waals surface area contributed by atoms with Crippen LogP contribution < -0.4 is 0 Å². The minimum atomic E-state index is -1.80. The fourth-order valence-corrected chi connectivity index (χ4v) is 2.94. The predicted molar refractivity (Wildman–Crippen MR) is 87.7 cm³/mol. The fraction of sp³-hybridized carbons (Fsp3) is 0.875. The van der Waals surface area contributed by atoms with E-state index >= 15 is 0 Å². The third kappa shape index (κ3) is 5.81. The second-order valence-electron chi connectivity index (χ2n) is 6.77. The van der Waals surface area contributed by atoms with Gasteiger partial charge in [0.1, 0.15) is 62.0 Å². The average molecular weight is 426 g/mol. The summed E-state index contributed by atoms with van der Waals surface area (Å²) >= 11 is 0. The van der Waals surface area contributed by atoms with Crippen LogP contribution in [-0.2, 0) is 33.3 Å². The van der Waals surface area contributed by atoms with Gasteiger partial charge in [0.25, 0.3) is 0 Å². The second-order valence-corrected chi connectivity index (χ2v) is 6.77. The summed E-state index contributed by atoms with van der Waals surface area (Å²) in [7, 11) is 0. The van der Waals surface area contributed by atoms with Crippen molar-refractivity contribution in [2.45, 2.75) is 75.3 Å². The molecule has 2 heterocycles. The minimum absolute atomic E-state index is 0.456. The molecule has 0 aliphatic carbocycles. The summed E-state index contributed by atoms with van der Waals surface area (Å²) in [5, 5.41) is 59.9. The van der Waals surface area contributed by atoms with E-state index in [-0.39, 0.29) is 0 Å². The van der Waals surface area contributed by atoms with Gasteiger partial charge >= 0.3 is 11.9 Å². The van der Waals surface area contributed by atoms with Gasteiger partial charge in [0.2, 0.25) is 0 Å². The van der Waals surface area contributed by atoms with Crippen molar-refractivity contribution in [2.75, 3.05) is 13.2 Å². The van der Waals surface area contributed by atoms with E-state index in [1.807, 2.05) is 0 Å². The Hall–Kier alpha value is -1.42. The first kappa shape index (κ1) is 23.9. The lowest BCUT2D eigenvalue weighted by Gasteiger charge is -2.45. The number of hydrogen-bond acceptors (Lipinski definition) is 13. The Bertz CT molecular complexity index is 571. The Morgan fingerprint density at radius 3 is 1.83 bits per heavy atom. The molecule has 0 spiro atoms. The zero-order chi connectivity index (χ0) is 21.9. The topological polar surface area (TPSA) is 202 Å². The lowest BCUT2D eigenvalue weighted by atomic mass is 9.97. The molecule has 0 bridgehead atoms. The summed E-state index contributed by atoms with van der Waals surface area (Å²) in [5.41, 5.74) is 0.